The molecule has 1 unspecified atom stereocenters. The fraction of sp³-hybridized carbons (Fsp3) is 0.778. The zero-order valence-corrected chi connectivity index (χ0v) is 16.5. The van der Waals surface area contributed by atoms with Crippen LogP contribution in [0.1, 0.15) is 37.7 Å². The molecular weight excluding hydrogens is 334 g/mol. The highest BCUT2D eigenvalue weighted by molar-refractivity contribution is 8.00. The van der Waals surface area contributed by atoms with Crippen molar-refractivity contribution in [3.8, 4) is 0 Å². The molecule has 0 spiro atoms. The van der Waals surface area contributed by atoms with Crippen molar-refractivity contribution >= 4 is 17.7 Å². The summed E-state index contributed by atoms with van der Waals surface area (Å²) >= 11 is 1.95. The van der Waals surface area contributed by atoms with Crippen LogP contribution < -0.4 is 5.32 Å². The number of thioether (sulfide) groups is 1. The third-order valence-corrected chi connectivity index (χ3v) is 6.78. The summed E-state index contributed by atoms with van der Waals surface area (Å²) in [4.78, 5) is 7.44. The third-order valence-electron chi connectivity index (χ3n) is 5.37. The molecule has 6 nitrogen and oxygen atoms in total. The number of hydrogen-bond acceptors (Lipinski definition) is 4. The SMILES string of the molecule is CCNC(=NCC1(SC)CCOCC1)N1CCC(c2cnn(C)c2)C1. The monoisotopic (exact) mass is 365 g/mol. The molecule has 0 bridgehead atoms. The predicted octanol–water partition coefficient (Wildman–Crippen LogP) is 2.09. The molecular formula is C18H31N5OS. The number of nitrogens with zero attached hydrogens (tertiary/aromatic N) is 4. The van der Waals surface area contributed by atoms with Crippen LogP contribution in [0.2, 0.25) is 0 Å². The lowest BCUT2D eigenvalue weighted by Gasteiger charge is -2.34. The largest absolute Gasteiger partial charge is 0.381 e. The van der Waals surface area contributed by atoms with E-state index < -0.39 is 0 Å². The highest BCUT2D eigenvalue weighted by Crippen LogP contribution is 2.34. The molecule has 2 fully saturated rings. The minimum absolute atomic E-state index is 0.237. The first-order chi connectivity index (χ1) is 12.2. The summed E-state index contributed by atoms with van der Waals surface area (Å²) in [5.41, 5.74) is 1.34. The zero-order chi connectivity index (χ0) is 17.7. The number of aryl methyl sites for hydroxylation is 1. The summed E-state index contributed by atoms with van der Waals surface area (Å²) < 4.78 is 7.68. The number of likely N-dealkylation sites (tertiary alicyclic amines) is 1. The smallest absolute Gasteiger partial charge is 0.193 e. The van der Waals surface area contributed by atoms with Gasteiger partial charge in [0.1, 0.15) is 0 Å². The Bertz CT molecular complexity index is 582. The number of nitrogens with one attached hydrogen (secondary N) is 1. The molecule has 0 amide bonds. The van der Waals surface area contributed by atoms with Gasteiger partial charge in [-0.15, -0.1) is 0 Å². The van der Waals surface area contributed by atoms with Crippen LogP contribution in [0.3, 0.4) is 0 Å². The Labute approximate surface area is 155 Å². The molecule has 0 aromatic carbocycles. The van der Waals surface area contributed by atoms with Crippen LogP contribution in [0.5, 0.6) is 0 Å². The molecule has 140 valence electrons. The average Bonchev–Trinajstić information content (AvgIpc) is 3.28. The summed E-state index contributed by atoms with van der Waals surface area (Å²) in [6.07, 6.45) is 9.70. The van der Waals surface area contributed by atoms with Crippen molar-refractivity contribution in [2.45, 2.75) is 36.9 Å². The summed E-state index contributed by atoms with van der Waals surface area (Å²) in [5.74, 6) is 1.61. The van der Waals surface area contributed by atoms with Gasteiger partial charge in [0, 0.05) is 56.8 Å². The molecule has 2 saturated heterocycles. The molecule has 1 N–H and O–H groups in total. The quantitative estimate of drug-likeness (QED) is 0.640. The normalized spacial score (nSPS) is 23.9. The van der Waals surface area contributed by atoms with Gasteiger partial charge >= 0.3 is 0 Å². The molecule has 25 heavy (non-hydrogen) atoms. The van der Waals surface area contributed by atoms with Crippen molar-refractivity contribution in [3.05, 3.63) is 18.0 Å². The topological polar surface area (TPSA) is 54.7 Å². The molecule has 0 saturated carbocycles. The van der Waals surface area contributed by atoms with Crippen LogP contribution in [-0.4, -0.2) is 71.0 Å². The number of hydrogen-bond donors (Lipinski definition) is 1. The van der Waals surface area contributed by atoms with E-state index in [1.807, 2.05) is 29.7 Å². The predicted molar refractivity (Wildman–Crippen MR) is 104 cm³/mol. The van der Waals surface area contributed by atoms with Gasteiger partial charge in [-0.3, -0.25) is 9.67 Å². The van der Waals surface area contributed by atoms with Gasteiger partial charge in [0.25, 0.3) is 0 Å². The second-order valence-electron chi connectivity index (χ2n) is 7.05. The Morgan fingerprint density at radius 3 is 2.92 bits per heavy atom. The molecule has 1 aromatic rings. The average molecular weight is 366 g/mol. The maximum atomic E-state index is 5.55. The van der Waals surface area contributed by atoms with Gasteiger partial charge < -0.3 is 15.0 Å². The minimum Gasteiger partial charge on any atom is -0.381 e. The number of rotatable bonds is 5. The van der Waals surface area contributed by atoms with Crippen molar-refractivity contribution in [2.75, 3.05) is 45.6 Å². The molecule has 0 aliphatic carbocycles. The maximum absolute atomic E-state index is 5.55. The summed E-state index contributed by atoms with van der Waals surface area (Å²) in [6, 6.07) is 0. The van der Waals surface area contributed by atoms with E-state index in [1.54, 1.807) is 0 Å². The van der Waals surface area contributed by atoms with Crippen LogP contribution in [0, 0.1) is 0 Å². The van der Waals surface area contributed by atoms with Crippen molar-refractivity contribution in [1.82, 2.24) is 20.0 Å². The molecule has 3 heterocycles. The van der Waals surface area contributed by atoms with Gasteiger partial charge in [-0.05, 0) is 38.0 Å². The van der Waals surface area contributed by atoms with E-state index in [1.165, 1.54) is 5.56 Å². The van der Waals surface area contributed by atoms with E-state index in [0.717, 1.165) is 64.6 Å². The lowest BCUT2D eigenvalue weighted by Crippen LogP contribution is -2.42. The Kier molecular flexibility index (Phi) is 6.28. The van der Waals surface area contributed by atoms with Gasteiger partial charge in [-0.2, -0.15) is 16.9 Å². The van der Waals surface area contributed by atoms with Crippen molar-refractivity contribution in [3.63, 3.8) is 0 Å². The van der Waals surface area contributed by atoms with Crippen molar-refractivity contribution in [1.29, 1.82) is 0 Å². The van der Waals surface area contributed by atoms with Crippen LogP contribution in [-0.2, 0) is 11.8 Å². The first kappa shape index (κ1) is 18.6. The second kappa shape index (κ2) is 8.45. The van der Waals surface area contributed by atoms with Gasteiger partial charge in [0.05, 0.1) is 12.7 Å². The van der Waals surface area contributed by atoms with E-state index >= 15 is 0 Å². The Balaban J connectivity index is 1.66. The summed E-state index contributed by atoms with van der Waals surface area (Å²) in [5, 5.41) is 7.82. The number of aliphatic imine (C=N–C) groups is 1. The Morgan fingerprint density at radius 1 is 1.48 bits per heavy atom. The number of aromatic nitrogens is 2. The van der Waals surface area contributed by atoms with Gasteiger partial charge in [0.2, 0.25) is 0 Å². The molecule has 2 aliphatic rings. The molecule has 7 heteroatoms. The van der Waals surface area contributed by atoms with Crippen LogP contribution in [0.25, 0.3) is 0 Å². The molecule has 1 atom stereocenters. The van der Waals surface area contributed by atoms with Crippen LogP contribution in [0.15, 0.2) is 17.4 Å². The summed E-state index contributed by atoms with van der Waals surface area (Å²) in [7, 11) is 1.98. The highest BCUT2D eigenvalue weighted by atomic mass is 32.2. The van der Waals surface area contributed by atoms with Gasteiger partial charge in [0.15, 0.2) is 5.96 Å². The minimum atomic E-state index is 0.237. The van der Waals surface area contributed by atoms with Crippen LogP contribution >= 0.6 is 11.8 Å². The number of guanidine groups is 1. The van der Waals surface area contributed by atoms with E-state index in [0.29, 0.717) is 5.92 Å². The van der Waals surface area contributed by atoms with E-state index in [2.05, 4.69) is 34.7 Å². The third kappa shape index (κ3) is 4.50. The van der Waals surface area contributed by atoms with Crippen molar-refractivity contribution in [2.24, 2.45) is 12.0 Å². The first-order valence-electron chi connectivity index (χ1n) is 9.30. The Hall–Kier alpha value is -1.21. The molecule has 3 rings (SSSR count). The fourth-order valence-corrected chi connectivity index (χ4v) is 4.46. The van der Waals surface area contributed by atoms with E-state index in [4.69, 9.17) is 9.73 Å². The van der Waals surface area contributed by atoms with Crippen LogP contribution in [0.4, 0.5) is 0 Å². The van der Waals surface area contributed by atoms with Gasteiger partial charge in [-0.1, -0.05) is 0 Å². The van der Waals surface area contributed by atoms with E-state index in [9.17, 15) is 0 Å². The van der Waals surface area contributed by atoms with E-state index in [-0.39, 0.29) is 4.75 Å². The van der Waals surface area contributed by atoms with Crippen molar-refractivity contribution < 1.29 is 4.74 Å². The Morgan fingerprint density at radius 2 is 2.28 bits per heavy atom. The second-order valence-corrected chi connectivity index (χ2v) is 8.32. The first-order valence-corrected chi connectivity index (χ1v) is 10.5. The maximum Gasteiger partial charge on any atom is 0.193 e. The standard InChI is InChI=1S/C18H31N5OS/c1-4-19-17(20-14-18(25-3)6-9-24-10-7-18)23-8-5-15(13-23)16-11-21-22(2)12-16/h11-12,15H,4-10,13-14H2,1-3H3,(H,19,20). The highest BCUT2D eigenvalue weighted by Gasteiger charge is 2.33. The fourth-order valence-electron chi connectivity index (χ4n) is 3.69. The summed E-state index contributed by atoms with van der Waals surface area (Å²) in [6.45, 7) is 7.71. The zero-order valence-electron chi connectivity index (χ0n) is 15.7. The van der Waals surface area contributed by atoms with Gasteiger partial charge in [-0.25, -0.2) is 0 Å². The molecule has 2 aliphatic heterocycles. The lowest BCUT2D eigenvalue weighted by molar-refractivity contribution is 0.0793. The number of ether oxygens (including phenoxy) is 1. The lowest BCUT2D eigenvalue weighted by atomic mass is 9.99. The molecule has 0 radical (unpaired) electrons. The molecule has 1 aromatic heterocycles.